The van der Waals surface area contributed by atoms with Crippen LogP contribution in [0.25, 0.3) is 0 Å². The molecule has 0 bridgehead atoms. The van der Waals surface area contributed by atoms with Crippen molar-refractivity contribution in [2.24, 2.45) is 5.73 Å². The Morgan fingerprint density at radius 3 is 2.77 bits per heavy atom. The molecule has 0 amide bonds. The summed E-state index contributed by atoms with van der Waals surface area (Å²) in [4.78, 5) is 0. The van der Waals surface area contributed by atoms with E-state index in [1.807, 2.05) is 0 Å². The molecule has 0 saturated carbocycles. The number of hydrogen-bond donors (Lipinski definition) is 1. The van der Waals surface area contributed by atoms with Crippen LogP contribution in [0.1, 0.15) is 11.6 Å². The van der Waals surface area contributed by atoms with Gasteiger partial charge in [-0.05, 0) is 12.1 Å². The number of benzene rings is 1. The summed E-state index contributed by atoms with van der Waals surface area (Å²) in [6, 6.07) is 3.68. The van der Waals surface area contributed by atoms with Crippen LogP contribution in [0.3, 0.4) is 0 Å². The van der Waals surface area contributed by atoms with Crippen molar-refractivity contribution < 1.29 is 4.39 Å². The van der Waals surface area contributed by atoms with Crippen molar-refractivity contribution in [1.82, 2.24) is 0 Å². The van der Waals surface area contributed by atoms with E-state index in [-0.39, 0.29) is 10.6 Å². The van der Waals surface area contributed by atoms with Gasteiger partial charge in [-0.3, -0.25) is 0 Å². The summed E-state index contributed by atoms with van der Waals surface area (Å²) in [5, 5.41) is 8.48. The van der Waals surface area contributed by atoms with E-state index in [1.165, 1.54) is 6.07 Å². The van der Waals surface area contributed by atoms with Gasteiger partial charge in [0.05, 0.1) is 11.1 Å². The highest BCUT2D eigenvalue weighted by atomic mass is 79.9. The Morgan fingerprint density at radius 1 is 1.62 bits per heavy atom. The third-order valence-corrected chi connectivity index (χ3v) is 2.51. The molecule has 13 heavy (non-hydrogen) atoms. The maximum Gasteiger partial charge on any atom is 0.148 e. The lowest BCUT2D eigenvalue weighted by Gasteiger charge is -2.08. The topological polar surface area (TPSA) is 49.8 Å². The largest absolute Gasteiger partial charge is 0.312 e. The number of hydrogen-bond acceptors (Lipinski definition) is 2. The first-order chi connectivity index (χ1) is 6.07. The first kappa shape index (κ1) is 10.5. The summed E-state index contributed by atoms with van der Waals surface area (Å²) in [6.07, 6.45) is 0. The van der Waals surface area contributed by atoms with Gasteiger partial charge in [0.15, 0.2) is 0 Å². The lowest BCUT2D eigenvalue weighted by atomic mass is 10.1. The van der Waals surface area contributed by atoms with Crippen LogP contribution in [0.15, 0.2) is 16.6 Å². The Morgan fingerprint density at radius 2 is 2.23 bits per heavy atom. The second kappa shape index (κ2) is 4.05. The van der Waals surface area contributed by atoms with E-state index in [4.69, 9.17) is 22.6 Å². The quantitative estimate of drug-likeness (QED) is 0.792. The fraction of sp³-hybridized carbons (Fsp3) is 0.125. The SMILES string of the molecule is N#CC(N)c1c(Br)ccc(Cl)c1F. The third kappa shape index (κ3) is 1.99. The standard InChI is InChI=1S/C8H5BrClFN2/c9-4-1-2-5(10)8(11)7(4)6(13)3-12/h1-2,6H,13H2. The molecule has 0 aliphatic heterocycles. The second-order valence-electron chi connectivity index (χ2n) is 2.36. The number of halogens is 3. The minimum absolute atomic E-state index is 0.0381. The normalized spacial score (nSPS) is 12.2. The number of nitrogens with two attached hydrogens (primary N) is 1. The molecule has 2 nitrogen and oxygen atoms in total. The van der Waals surface area contributed by atoms with Crippen LogP contribution in [0.2, 0.25) is 5.02 Å². The monoisotopic (exact) mass is 262 g/mol. The van der Waals surface area contributed by atoms with Crippen molar-refractivity contribution in [3.63, 3.8) is 0 Å². The van der Waals surface area contributed by atoms with Crippen LogP contribution in [-0.4, -0.2) is 0 Å². The first-order valence-corrected chi connectivity index (χ1v) is 4.53. The smallest absolute Gasteiger partial charge is 0.148 e. The zero-order valence-electron chi connectivity index (χ0n) is 6.39. The van der Waals surface area contributed by atoms with Gasteiger partial charge < -0.3 is 5.73 Å². The molecule has 1 aromatic carbocycles. The van der Waals surface area contributed by atoms with Crippen molar-refractivity contribution >= 4 is 27.5 Å². The molecular formula is C8H5BrClFN2. The van der Waals surface area contributed by atoms with Crippen LogP contribution in [0.5, 0.6) is 0 Å². The summed E-state index contributed by atoms with van der Waals surface area (Å²) in [5.41, 5.74) is 5.47. The van der Waals surface area contributed by atoms with Crippen molar-refractivity contribution in [3.8, 4) is 6.07 Å². The van der Waals surface area contributed by atoms with E-state index in [2.05, 4.69) is 15.9 Å². The van der Waals surface area contributed by atoms with Gasteiger partial charge in [0.2, 0.25) is 0 Å². The molecule has 1 aromatic rings. The highest BCUT2D eigenvalue weighted by Crippen LogP contribution is 2.29. The molecule has 1 unspecified atom stereocenters. The molecule has 1 rings (SSSR count). The van der Waals surface area contributed by atoms with Crippen LogP contribution >= 0.6 is 27.5 Å². The van der Waals surface area contributed by atoms with E-state index < -0.39 is 11.9 Å². The van der Waals surface area contributed by atoms with E-state index >= 15 is 0 Å². The van der Waals surface area contributed by atoms with Crippen molar-refractivity contribution in [1.29, 1.82) is 5.26 Å². The summed E-state index contributed by atoms with van der Waals surface area (Å²) >= 11 is 8.62. The molecule has 0 aromatic heterocycles. The van der Waals surface area contributed by atoms with E-state index in [9.17, 15) is 4.39 Å². The van der Waals surface area contributed by atoms with Crippen molar-refractivity contribution in [3.05, 3.63) is 33.0 Å². The van der Waals surface area contributed by atoms with Gasteiger partial charge in [-0.25, -0.2) is 4.39 Å². The first-order valence-electron chi connectivity index (χ1n) is 3.36. The minimum atomic E-state index is -1.01. The van der Waals surface area contributed by atoms with Crippen molar-refractivity contribution in [2.45, 2.75) is 6.04 Å². The maximum absolute atomic E-state index is 13.3. The Hall–Kier alpha value is -0.630. The Kier molecular flexibility index (Phi) is 3.26. The summed E-state index contributed by atoms with van der Waals surface area (Å²) < 4.78 is 13.8. The lowest BCUT2D eigenvalue weighted by molar-refractivity contribution is 0.602. The van der Waals surface area contributed by atoms with Crippen LogP contribution in [-0.2, 0) is 0 Å². The fourth-order valence-corrected chi connectivity index (χ4v) is 1.61. The van der Waals surface area contributed by atoms with Gasteiger partial charge in [-0.1, -0.05) is 27.5 Å². The van der Waals surface area contributed by atoms with E-state index in [0.717, 1.165) is 0 Å². The van der Waals surface area contributed by atoms with Gasteiger partial charge in [-0.2, -0.15) is 5.26 Å². The molecule has 68 valence electrons. The van der Waals surface area contributed by atoms with Crippen LogP contribution in [0, 0.1) is 17.1 Å². The minimum Gasteiger partial charge on any atom is -0.312 e. The number of rotatable bonds is 1. The summed E-state index contributed by atoms with van der Waals surface area (Å²) in [5.74, 6) is -0.648. The lowest BCUT2D eigenvalue weighted by Crippen LogP contribution is -2.10. The average Bonchev–Trinajstić information content (AvgIpc) is 2.12. The second-order valence-corrected chi connectivity index (χ2v) is 3.63. The highest BCUT2D eigenvalue weighted by Gasteiger charge is 2.16. The number of nitriles is 1. The molecule has 0 aliphatic carbocycles. The molecule has 0 saturated heterocycles. The molecule has 0 radical (unpaired) electrons. The zero-order chi connectivity index (χ0) is 10.0. The predicted molar refractivity (Wildman–Crippen MR) is 51.7 cm³/mol. The molecule has 0 heterocycles. The maximum atomic E-state index is 13.3. The Labute approximate surface area is 88.2 Å². The van der Waals surface area contributed by atoms with E-state index in [1.54, 1.807) is 12.1 Å². The van der Waals surface area contributed by atoms with Gasteiger partial charge >= 0.3 is 0 Å². The Balaban J connectivity index is 3.35. The zero-order valence-corrected chi connectivity index (χ0v) is 8.73. The molecule has 1 atom stereocenters. The van der Waals surface area contributed by atoms with Crippen LogP contribution < -0.4 is 5.73 Å². The molecule has 5 heteroatoms. The van der Waals surface area contributed by atoms with Crippen molar-refractivity contribution in [2.75, 3.05) is 0 Å². The van der Waals surface area contributed by atoms with E-state index in [0.29, 0.717) is 4.47 Å². The van der Waals surface area contributed by atoms with Gasteiger partial charge in [0, 0.05) is 10.0 Å². The highest BCUT2D eigenvalue weighted by molar-refractivity contribution is 9.10. The molecule has 0 aliphatic rings. The van der Waals surface area contributed by atoms with Gasteiger partial charge in [0.25, 0.3) is 0 Å². The molecule has 0 fully saturated rings. The average molecular weight is 263 g/mol. The third-order valence-electron chi connectivity index (χ3n) is 1.53. The molecule has 2 N–H and O–H groups in total. The summed E-state index contributed by atoms with van der Waals surface area (Å²) in [6.45, 7) is 0. The Bertz CT molecular complexity index is 375. The predicted octanol–water partition coefficient (Wildman–Crippen LogP) is 2.76. The van der Waals surface area contributed by atoms with Gasteiger partial charge in [0.1, 0.15) is 11.9 Å². The summed E-state index contributed by atoms with van der Waals surface area (Å²) in [7, 11) is 0. The number of nitrogens with zero attached hydrogens (tertiary/aromatic N) is 1. The molecule has 0 spiro atoms. The molecular weight excluding hydrogens is 258 g/mol. The van der Waals surface area contributed by atoms with Gasteiger partial charge in [-0.15, -0.1) is 0 Å². The van der Waals surface area contributed by atoms with Crippen LogP contribution in [0.4, 0.5) is 4.39 Å². The fourth-order valence-electron chi connectivity index (χ4n) is 0.892.